The summed E-state index contributed by atoms with van der Waals surface area (Å²) < 4.78 is 27.0. The molecule has 6 nitrogen and oxygen atoms in total. The molecule has 0 fully saturated rings. The van der Waals surface area contributed by atoms with Gasteiger partial charge in [-0.2, -0.15) is 0 Å². The van der Waals surface area contributed by atoms with E-state index in [9.17, 15) is 9.18 Å². The summed E-state index contributed by atoms with van der Waals surface area (Å²) in [6.45, 7) is 0.542. The molecule has 1 aliphatic rings. The van der Waals surface area contributed by atoms with Gasteiger partial charge in [0.05, 0.1) is 18.4 Å². The smallest absolute Gasteiger partial charge is 0.287 e. The highest BCUT2D eigenvalue weighted by Gasteiger charge is 2.24. The molecule has 0 unspecified atom stereocenters. The summed E-state index contributed by atoms with van der Waals surface area (Å²) in [6.07, 6.45) is 5.05. The number of halogens is 1. The molecule has 0 saturated carbocycles. The summed E-state index contributed by atoms with van der Waals surface area (Å²) in [5.74, 6) is 1.43. The van der Waals surface area contributed by atoms with Gasteiger partial charge in [0.25, 0.3) is 5.91 Å². The number of fused-ring (bicyclic) bond motifs is 1. The van der Waals surface area contributed by atoms with Crippen LogP contribution >= 0.6 is 11.8 Å². The van der Waals surface area contributed by atoms with Crippen LogP contribution in [0.2, 0.25) is 0 Å². The minimum absolute atomic E-state index is 0.235. The molecule has 1 amide bonds. The number of imidazole rings is 1. The Bertz CT molecular complexity index is 985. The Kier molecular flexibility index (Phi) is 5.38. The van der Waals surface area contributed by atoms with Crippen molar-refractivity contribution in [2.24, 2.45) is 7.05 Å². The van der Waals surface area contributed by atoms with Crippen molar-refractivity contribution in [3.8, 4) is 5.75 Å². The van der Waals surface area contributed by atoms with Crippen LogP contribution in [0.4, 0.5) is 4.39 Å². The fourth-order valence-corrected chi connectivity index (χ4v) is 3.96. The molecule has 1 atom stereocenters. The van der Waals surface area contributed by atoms with E-state index in [0.29, 0.717) is 35.9 Å². The third-order valence-electron chi connectivity index (χ3n) is 4.55. The summed E-state index contributed by atoms with van der Waals surface area (Å²) in [7, 11) is 1.92. The Hall–Kier alpha value is -2.74. The second-order valence-electron chi connectivity index (χ2n) is 6.57. The fraction of sp³-hybridized carbons (Fsp3) is 0.300. The van der Waals surface area contributed by atoms with Gasteiger partial charge in [-0.1, -0.05) is 11.8 Å². The number of benzene rings is 1. The highest BCUT2D eigenvalue weighted by Crippen LogP contribution is 2.32. The molecule has 0 saturated heterocycles. The third-order valence-corrected chi connectivity index (χ3v) is 5.63. The Morgan fingerprint density at radius 3 is 3.11 bits per heavy atom. The van der Waals surface area contributed by atoms with Crippen LogP contribution in [0, 0.1) is 5.82 Å². The topological polar surface area (TPSA) is 69.3 Å². The predicted octanol–water partition coefficient (Wildman–Crippen LogP) is 4.09. The van der Waals surface area contributed by atoms with Crippen molar-refractivity contribution in [1.29, 1.82) is 0 Å². The number of nitrogens with one attached hydrogen (secondary N) is 1. The van der Waals surface area contributed by atoms with Gasteiger partial charge >= 0.3 is 0 Å². The van der Waals surface area contributed by atoms with Gasteiger partial charge in [0.2, 0.25) is 0 Å². The van der Waals surface area contributed by atoms with Crippen molar-refractivity contribution in [2.45, 2.75) is 29.8 Å². The number of ether oxygens (including phenoxy) is 1. The second kappa shape index (κ2) is 8.10. The molecule has 4 rings (SSSR count). The first kappa shape index (κ1) is 18.6. The molecule has 3 aromatic rings. The van der Waals surface area contributed by atoms with Crippen molar-refractivity contribution < 1.29 is 18.3 Å². The van der Waals surface area contributed by atoms with E-state index >= 15 is 0 Å². The van der Waals surface area contributed by atoms with Crippen molar-refractivity contribution in [3.63, 3.8) is 0 Å². The van der Waals surface area contributed by atoms with Crippen LogP contribution in [-0.4, -0.2) is 22.1 Å². The number of carbonyl (C=O) groups excluding carboxylic acids is 1. The van der Waals surface area contributed by atoms with Gasteiger partial charge in [0, 0.05) is 25.0 Å². The highest BCUT2D eigenvalue weighted by molar-refractivity contribution is 7.98. The molecule has 3 heterocycles. The van der Waals surface area contributed by atoms with Crippen molar-refractivity contribution in [2.75, 3.05) is 6.61 Å². The van der Waals surface area contributed by atoms with E-state index in [-0.39, 0.29) is 23.5 Å². The number of hydrogen-bond donors (Lipinski definition) is 1. The first-order valence-electron chi connectivity index (χ1n) is 9.02. The molecule has 0 bridgehead atoms. The van der Waals surface area contributed by atoms with Gasteiger partial charge in [-0.25, -0.2) is 9.37 Å². The number of aromatic nitrogens is 2. The second-order valence-corrected chi connectivity index (χ2v) is 7.52. The molecule has 1 aromatic carbocycles. The molecular weight excluding hydrogens is 381 g/mol. The van der Waals surface area contributed by atoms with E-state index in [1.54, 1.807) is 24.4 Å². The van der Waals surface area contributed by atoms with Gasteiger partial charge < -0.3 is 19.0 Å². The molecule has 0 spiro atoms. The van der Waals surface area contributed by atoms with E-state index in [1.807, 2.05) is 17.8 Å². The fourth-order valence-electron chi connectivity index (χ4n) is 3.13. The number of furan rings is 1. The largest absolute Gasteiger partial charge is 0.493 e. The average Bonchev–Trinajstić information content (AvgIpc) is 3.27. The summed E-state index contributed by atoms with van der Waals surface area (Å²) >= 11 is 1.53. The molecular formula is C20H20FN3O3S. The Balaban J connectivity index is 1.44. The first-order chi connectivity index (χ1) is 13.6. The van der Waals surface area contributed by atoms with E-state index in [1.165, 1.54) is 23.9 Å². The van der Waals surface area contributed by atoms with E-state index in [0.717, 1.165) is 11.6 Å². The van der Waals surface area contributed by atoms with E-state index in [4.69, 9.17) is 9.15 Å². The van der Waals surface area contributed by atoms with Gasteiger partial charge in [-0.3, -0.25) is 4.79 Å². The third kappa shape index (κ3) is 4.06. The van der Waals surface area contributed by atoms with Gasteiger partial charge in [0.15, 0.2) is 10.9 Å². The van der Waals surface area contributed by atoms with Crippen LogP contribution in [0.25, 0.3) is 0 Å². The zero-order chi connectivity index (χ0) is 19.5. The SMILES string of the molecule is Cn1ccnc1SCc1ccc(C(=O)N[C@H]2CCCOc3ccc(F)cc32)o1. The zero-order valence-corrected chi connectivity index (χ0v) is 16.2. The summed E-state index contributed by atoms with van der Waals surface area (Å²) in [4.78, 5) is 16.9. The van der Waals surface area contributed by atoms with Crippen LogP contribution in [0.3, 0.4) is 0 Å². The van der Waals surface area contributed by atoms with Gasteiger partial charge in [0.1, 0.15) is 17.3 Å². The molecule has 1 aliphatic heterocycles. The maximum Gasteiger partial charge on any atom is 0.287 e. The lowest BCUT2D eigenvalue weighted by atomic mass is 10.0. The highest BCUT2D eigenvalue weighted by atomic mass is 32.2. The molecule has 146 valence electrons. The van der Waals surface area contributed by atoms with Gasteiger partial charge in [-0.15, -0.1) is 0 Å². The maximum atomic E-state index is 13.7. The van der Waals surface area contributed by atoms with Crippen LogP contribution in [-0.2, 0) is 12.8 Å². The number of amides is 1. The number of nitrogens with zero attached hydrogens (tertiary/aromatic N) is 2. The van der Waals surface area contributed by atoms with Crippen molar-refractivity contribution >= 4 is 17.7 Å². The lowest BCUT2D eigenvalue weighted by Gasteiger charge is -2.17. The number of aryl methyl sites for hydroxylation is 1. The lowest BCUT2D eigenvalue weighted by molar-refractivity contribution is 0.0905. The van der Waals surface area contributed by atoms with Crippen molar-refractivity contribution in [1.82, 2.24) is 14.9 Å². The molecule has 0 aliphatic carbocycles. The van der Waals surface area contributed by atoms with Crippen LogP contribution < -0.4 is 10.1 Å². The Morgan fingerprint density at radius 2 is 2.29 bits per heavy atom. The summed E-state index contributed by atoms with van der Waals surface area (Å²) in [5.41, 5.74) is 0.656. The zero-order valence-electron chi connectivity index (χ0n) is 15.4. The maximum absolute atomic E-state index is 13.7. The van der Waals surface area contributed by atoms with Crippen LogP contribution in [0.15, 0.2) is 52.3 Å². The first-order valence-corrected chi connectivity index (χ1v) is 10.0. The van der Waals surface area contributed by atoms with Crippen molar-refractivity contribution in [3.05, 3.63) is 65.6 Å². The van der Waals surface area contributed by atoms with E-state index < -0.39 is 0 Å². The molecule has 2 aromatic heterocycles. The number of rotatable bonds is 5. The predicted molar refractivity (Wildman–Crippen MR) is 103 cm³/mol. The molecule has 1 N–H and O–H groups in total. The molecule has 28 heavy (non-hydrogen) atoms. The van der Waals surface area contributed by atoms with Crippen LogP contribution in [0.1, 0.15) is 40.8 Å². The monoisotopic (exact) mass is 401 g/mol. The summed E-state index contributed by atoms with van der Waals surface area (Å²) in [5, 5.41) is 3.82. The van der Waals surface area contributed by atoms with E-state index in [2.05, 4.69) is 10.3 Å². The minimum atomic E-state index is -0.352. The minimum Gasteiger partial charge on any atom is -0.493 e. The quantitative estimate of drug-likeness (QED) is 0.652. The van der Waals surface area contributed by atoms with Gasteiger partial charge in [-0.05, 0) is 43.2 Å². The average molecular weight is 401 g/mol. The number of thioether (sulfide) groups is 1. The van der Waals surface area contributed by atoms with Crippen LogP contribution in [0.5, 0.6) is 5.75 Å². The lowest BCUT2D eigenvalue weighted by Crippen LogP contribution is -2.28. The Labute approximate surface area is 166 Å². The molecule has 8 heteroatoms. The molecule has 0 radical (unpaired) electrons. The standard InChI is InChI=1S/C20H20FN3O3S/c1-24-9-8-22-20(24)28-12-14-5-7-18(27-14)19(25)23-16-3-2-10-26-17-6-4-13(21)11-15(16)17/h4-9,11,16H,2-3,10,12H2,1H3,(H,23,25)/t16-/m0/s1. The normalized spacial score (nSPS) is 16.1. The number of hydrogen-bond acceptors (Lipinski definition) is 5. The number of carbonyl (C=O) groups is 1. The Morgan fingerprint density at radius 1 is 1.39 bits per heavy atom. The summed E-state index contributed by atoms with van der Waals surface area (Å²) in [6, 6.07) is 7.51.